The molecule has 1 rings (SSSR count). The van der Waals surface area contributed by atoms with E-state index in [1.165, 1.54) is 0 Å². The van der Waals surface area contributed by atoms with Crippen molar-refractivity contribution in [2.75, 3.05) is 11.9 Å². The molecule has 0 aliphatic rings. The SMILES string of the molecule is Cc1nn(C)c(N(C)C(C)C(C)C)c1C(=N)N. The number of nitrogens with one attached hydrogen (secondary N) is 1. The number of rotatable bonds is 4. The van der Waals surface area contributed by atoms with Gasteiger partial charge in [0.2, 0.25) is 0 Å². The highest BCUT2D eigenvalue weighted by atomic mass is 15.4. The summed E-state index contributed by atoms with van der Waals surface area (Å²) < 4.78 is 1.80. The largest absolute Gasteiger partial charge is 0.384 e. The van der Waals surface area contributed by atoms with Crippen LogP contribution in [0.2, 0.25) is 0 Å². The molecule has 0 aromatic carbocycles. The third-order valence-electron chi connectivity index (χ3n) is 3.37. The van der Waals surface area contributed by atoms with Gasteiger partial charge in [-0.1, -0.05) is 13.8 Å². The Kier molecular flexibility index (Phi) is 3.80. The van der Waals surface area contributed by atoms with Crippen molar-refractivity contribution in [1.82, 2.24) is 9.78 Å². The zero-order chi connectivity index (χ0) is 13.3. The van der Waals surface area contributed by atoms with Crippen LogP contribution in [0.25, 0.3) is 0 Å². The van der Waals surface area contributed by atoms with Gasteiger partial charge in [-0.25, -0.2) is 0 Å². The summed E-state index contributed by atoms with van der Waals surface area (Å²) in [6, 6.07) is 0.364. The molecule has 0 spiro atoms. The molecule has 5 heteroatoms. The summed E-state index contributed by atoms with van der Waals surface area (Å²) in [5, 5.41) is 12.0. The first-order valence-electron chi connectivity index (χ1n) is 5.88. The van der Waals surface area contributed by atoms with E-state index in [-0.39, 0.29) is 5.84 Å². The van der Waals surface area contributed by atoms with E-state index in [1.807, 2.05) is 21.0 Å². The molecule has 0 radical (unpaired) electrons. The quantitative estimate of drug-likeness (QED) is 0.615. The molecule has 1 unspecified atom stereocenters. The fourth-order valence-electron chi connectivity index (χ4n) is 2.01. The van der Waals surface area contributed by atoms with Crippen molar-refractivity contribution in [3.8, 4) is 0 Å². The third-order valence-corrected chi connectivity index (χ3v) is 3.37. The van der Waals surface area contributed by atoms with Crippen LogP contribution in [0.3, 0.4) is 0 Å². The lowest BCUT2D eigenvalue weighted by atomic mass is 10.0. The van der Waals surface area contributed by atoms with Gasteiger partial charge in [-0.15, -0.1) is 0 Å². The Balaban J connectivity index is 3.25. The molecular formula is C12H23N5. The number of aromatic nitrogens is 2. The zero-order valence-electron chi connectivity index (χ0n) is 11.6. The van der Waals surface area contributed by atoms with E-state index in [1.54, 1.807) is 4.68 Å². The van der Waals surface area contributed by atoms with Crippen LogP contribution >= 0.6 is 0 Å². The molecule has 0 bridgehead atoms. The van der Waals surface area contributed by atoms with Crippen LogP contribution in [-0.2, 0) is 7.05 Å². The van der Waals surface area contributed by atoms with Gasteiger partial charge in [-0.3, -0.25) is 10.1 Å². The summed E-state index contributed by atoms with van der Waals surface area (Å²) in [6.45, 7) is 8.40. The van der Waals surface area contributed by atoms with Gasteiger partial charge in [0.05, 0.1) is 11.3 Å². The van der Waals surface area contributed by atoms with Crippen molar-refractivity contribution in [2.24, 2.45) is 18.7 Å². The van der Waals surface area contributed by atoms with Crippen LogP contribution in [0.5, 0.6) is 0 Å². The van der Waals surface area contributed by atoms with Crippen LogP contribution in [0.1, 0.15) is 32.0 Å². The van der Waals surface area contributed by atoms with Crippen molar-refractivity contribution in [1.29, 1.82) is 5.41 Å². The van der Waals surface area contributed by atoms with Crippen LogP contribution in [0.4, 0.5) is 5.82 Å². The summed E-state index contributed by atoms with van der Waals surface area (Å²) in [4.78, 5) is 2.14. The number of aryl methyl sites for hydroxylation is 2. The van der Waals surface area contributed by atoms with Gasteiger partial charge in [0, 0.05) is 20.1 Å². The maximum absolute atomic E-state index is 7.67. The molecule has 5 nitrogen and oxygen atoms in total. The van der Waals surface area contributed by atoms with Crippen molar-refractivity contribution >= 4 is 11.7 Å². The highest BCUT2D eigenvalue weighted by Gasteiger charge is 2.23. The van der Waals surface area contributed by atoms with E-state index in [2.05, 4.69) is 30.8 Å². The van der Waals surface area contributed by atoms with E-state index in [0.717, 1.165) is 17.1 Å². The average Bonchev–Trinajstić information content (AvgIpc) is 2.51. The van der Waals surface area contributed by atoms with E-state index < -0.39 is 0 Å². The predicted octanol–water partition coefficient (Wildman–Crippen LogP) is 1.49. The molecule has 1 atom stereocenters. The van der Waals surface area contributed by atoms with Crippen molar-refractivity contribution in [2.45, 2.75) is 33.7 Å². The van der Waals surface area contributed by atoms with Gasteiger partial charge < -0.3 is 10.6 Å². The molecule has 1 heterocycles. The summed E-state index contributed by atoms with van der Waals surface area (Å²) >= 11 is 0. The Bertz CT molecular complexity index is 419. The summed E-state index contributed by atoms with van der Waals surface area (Å²) in [5.74, 6) is 1.51. The highest BCUT2D eigenvalue weighted by molar-refractivity contribution is 6.00. The Labute approximate surface area is 103 Å². The Morgan fingerprint density at radius 2 is 1.94 bits per heavy atom. The molecular weight excluding hydrogens is 214 g/mol. The number of hydrogen-bond donors (Lipinski definition) is 2. The number of amidine groups is 1. The minimum atomic E-state index is 0.0772. The number of anilines is 1. The fourth-order valence-corrected chi connectivity index (χ4v) is 2.01. The maximum atomic E-state index is 7.67. The standard InChI is InChI=1S/C12H23N5/c1-7(2)9(4)16(5)12-10(11(13)14)8(3)15-17(12)6/h7,9H,1-6H3,(H3,13,14). The van der Waals surface area contributed by atoms with E-state index in [0.29, 0.717) is 12.0 Å². The minimum absolute atomic E-state index is 0.0772. The van der Waals surface area contributed by atoms with Gasteiger partial charge in [-0.05, 0) is 19.8 Å². The van der Waals surface area contributed by atoms with Crippen LogP contribution in [-0.4, -0.2) is 28.7 Å². The number of nitrogens with zero attached hydrogens (tertiary/aromatic N) is 3. The lowest BCUT2D eigenvalue weighted by Crippen LogP contribution is -2.36. The van der Waals surface area contributed by atoms with Gasteiger partial charge in [-0.2, -0.15) is 5.10 Å². The first kappa shape index (κ1) is 13.5. The smallest absolute Gasteiger partial charge is 0.137 e. The summed E-state index contributed by atoms with van der Waals surface area (Å²) in [5.41, 5.74) is 7.19. The lowest BCUT2D eigenvalue weighted by Gasteiger charge is -2.30. The highest BCUT2D eigenvalue weighted by Crippen LogP contribution is 2.25. The first-order valence-corrected chi connectivity index (χ1v) is 5.88. The van der Waals surface area contributed by atoms with Crippen LogP contribution in [0, 0.1) is 18.3 Å². The monoisotopic (exact) mass is 237 g/mol. The molecule has 0 aliphatic carbocycles. The predicted molar refractivity (Wildman–Crippen MR) is 71.7 cm³/mol. The second kappa shape index (κ2) is 4.77. The zero-order valence-corrected chi connectivity index (χ0v) is 11.6. The van der Waals surface area contributed by atoms with Crippen molar-refractivity contribution < 1.29 is 0 Å². The molecule has 3 N–H and O–H groups in total. The molecule has 17 heavy (non-hydrogen) atoms. The normalized spacial score (nSPS) is 12.9. The van der Waals surface area contributed by atoms with Gasteiger partial charge in [0.1, 0.15) is 11.7 Å². The van der Waals surface area contributed by atoms with Crippen LogP contribution in [0.15, 0.2) is 0 Å². The molecule has 0 amide bonds. The Hall–Kier alpha value is -1.52. The number of nitrogen functional groups attached to an aromatic ring is 1. The molecule has 0 saturated heterocycles. The summed E-state index contributed by atoms with van der Waals surface area (Å²) in [6.07, 6.45) is 0. The van der Waals surface area contributed by atoms with Crippen LogP contribution < -0.4 is 10.6 Å². The summed E-state index contributed by atoms with van der Waals surface area (Å²) in [7, 11) is 3.91. The second-order valence-corrected chi connectivity index (χ2v) is 4.92. The van der Waals surface area contributed by atoms with Crippen molar-refractivity contribution in [3.05, 3.63) is 11.3 Å². The molecule has 1 aromatic rings. The van der Waals surface area contributed by atoms with E-state index in [9.17, 15) is 0 Å². The molecule has 0 saturated carbocycles. The topological polar surface area (TPSA) is 70.9 Å². The molecule has 0 aliphatic heterocycles. The first-order chi connectivity index (χ1) is 7.77. The number of nitrogens with two attached hydrogens (primary N) is 1. The fraction of sp³-hybridized carbons (Fsp3) is 0.667. The average molecular weight is 237 g/mol. The third kappa shape index (κ3) is 2.43. The van der Waals surface area contributed by atoms with Gasteiger partial charge >= 0.3 is 0 Å². The van der Waals surface area contributed by atoms with Crippen molar-refractivity contribution in [3.63, 3.8) is 0 Å². The second-order valence-electron chi connectivity index (χ2n) is 4.92. The van der Waals surface area contributed by atoms with Gasteiger partial charge in [0.25, 0.3) is 0 Å². The van der Waals surface area contributed by atoms with E-state index >= 15 is 0 Å². The Morgan fingerprint density at radius 1 is 1.41 bits per heavy atom. The maximum Gasteiger partial charge on any atom is 0.137 e. The molecule has 1 aromatic heterocycles. The number of hydrogen-bond acceptors (Lipinski definition) is 3. The molecule has 0 fully saturated rings. The minimum Gasteiger partial charge on any atom is -0.384 e. The molecule has 96 valence electrons. The van der Waals surface area contributed by atoms with Gasteiger partial charge in [0.15, 0.2) is 0 Å². The lowest BCUT2D eigenvalue weighted by molar-refractivity contribution is 0.496. The Morgan fingerprint density at radius 3 is 2.35 bits per heavy atom. The van der Waals surface area contributed by atoms with E-state index in [4.69, 9.17) is 11.1 Å².